The van der Waals surface area contributed by atoms with Crippen LogP contribution in [0.25, 0.3) is 0 Å². The minimum Gasteiger partial charge on any atom is -0.491 e. The van der Waals surface area contributed by atoms with Crippen LogP contribution in [-0.4, -0.2) is 23.8 Å². The lowest BCUT2D eigenvalue weighted by Gasteiger charge is -2.19. The zero-order valence-electron chi connectivity index (χ0n) is 9.29. The highest BCUT2D eigenvalue weighted by molar-refractivity contribution is 5.17. The summed E-state index contributed by atoms with van der Waals surface area (Å²) in [5, 5.41) is 0. The molecule has 0 unspecified atom stereocenters. The zero-order chi connectivity index (χ0) is 11.3. The van der Waals surface area contributed by atoms with Gasteiger partial charge in [0, 0.05) is 12.3 Å². The van der Waals surface area contributed by atoms with Crippen LogP contribution < -0.4 is 4.74 Å². The molecule has 0 radical (unpaired) electrons. The number of rotatable bonds is 4. The van der Waals surface area contributed by atoms with Gasteiger partial charge in [-0.05, 0) is 26.8 Å². The SMILES string of the molecule is CC(C)(C)OCCOc1ccnc(F)c1. The molecule has 0 bridgehead atoms. The monoisotopic (exact) mass is 213 g/mol. The number of aromatic nitrogens is 1. The average molecular weight is 213 g/mol. The molecule has 0 saturated carbocycles. The largest absolute Gasteiger partial charge is 0.491 e. The van der Waals surface area contributed by atoms with E-state index >= 15 is 0 Å². The predicted molar refractivity (Wildman–Crippen MR) is 55.4 cm³/mol. The molecule has 1 aromatic rings. The topological polar surface area (TPSA) is 31.4 Å². The molecular weight excluding hydrogens is 197 g/mol. The van der Waals surface area contributed by atoms with Gasteiger partial charge in [-0.2, -0.15) is 4.39 Å². The maximum atomic E-state index is 12.6. The van der Waals surface area contributed by atoms with Gasteiger partial charge in [0.15, 0.2) is 0 Å². The number of nitrogens with zero attached hydrogens (tertiary/aromatic N) is 1. The van der Waals surface area contributed by atoms with E-state index < -0.39 is 5.95 Å². The molecular formula is C11H16FNO2. The van der Waals surface area contributed by atoms with E-state index in [2.05, 4.69) is 4.98 Å². The van der Waals surface area contributed by atoms with Crippen LogP contribution in [0.2, 0.25) is 0 Å². The Morgan fingerprint density at radius 3 is 2.67 bits per heavy atom. The Hall–Kier alpha value is -1.16. The third-order valence-corrected chi connectivity index (χ3v) is 1.59. The van der Waals surface area contributed by atoms with Crippen molar-refractivity contribution in [1.82, 2.24) is 4.98 Å². The smallest absolute Gasteiger partial charge is 0.216 e. The van der Waals surface area contributed by atoms with Gasteiger partial charge in [0.05, 0.1) is 12.2 Å². The fourth-order valence-electron chi connectivity index (χ4n) is 0.982. The first-order valence-corrected chi connectivity index (χ1v) is 4.86. The molecule has 0 aromatic carbocycles. The third kappa shape index (κ3) is 5.32. The van der Waals surface area contributed by atoms with Gasteiger partial charge < -0.3 is 9.47 Å². The first-order valence-electron chi connectivity index (χ1n) is 4.86. The van der Waals surface area contributed by atoms with Gasteiger partial charge in [0.25, 0.3) is 0 Å². The summed E-state index contributed by atoms with van der Waals surface area (Å²) in [7, 11) is 0. The van der Waals surface area contributed by atoms with Gasteiger partial charge >= 0.3 is 0 Å². The Morgan fingerprint density at radius 1 is 1.33 bits per heavy atom. The molecule has 1 rings (SSSR count). The fourth-order valence-corrected chi connectivity index (χ4v) is 0.982. The van der Waals surface area contributed by atoms with Crippen molar-refractivity contribution in [3.8, 4) is 5.75 Å². The van der Waals surface area contributed by atoms with Crippen molar-refractivity contribution in [3.63, 3.8) is 0 Å². The molecule has 1 aromatic heterocycles. The van der Waals surface area contributed by atoms with E-state index in [0.29, 0.717) is 19.0 Å². The van der Waals surface area contributed by atoms with Crippen LogP contribution in [0, 0.1) is 5.95 Å². The summed E-state index contributed by atoms with van der Waals surface area (Å²) in [6.45, 7) is 6.80. The van der Waals surface area contributed by atoms with E-state index in [0.717, 1.165) is 0 Å². The standard InChI is InChI=1S/C11H16FNO2/c1-11(2,3)15-7-6-14-9-4-5-13-10(12)8-9/h4-5,8H,6-7H2,1-3H3. The molecule has 0 fully saturated rings. The highest BCUT2D eigenvalue weighted by atomic mass is 19.1. The maximum absolute atomic E-state index is 12.6. The highest BCUT2D eigenvalue weighted by Crippen LogP contribution is 2.10. The van der Waals surface area contributed by atoms with Gasteiger partial charge in [0.2, 0.25) is 5.95 Å². The van der Waals surface area contributed by atoms with Gasteiger partial charge in [-0.1, -0.05) is 0 Å². The molecule has 4 heteroatoms. The van der Waals surface area contributed by atoms with Gasteiger partial charge in [-0.15, -0.1) is 0 Å². The number of hydrogen-bond acceptors (Lipinski definition) is 3. The summed E-state index contributed by atoms with van der Waals surface area (Å²) in [6, 6.07) is 2.86. The molecule has 0 aliphatic heterocycles. The summed E-state index contributed by atoms with van der Waals surface area (Å²) < 4.78 is 23.4. The molecule has 0 atom stereocenters. The van der Waals surface area contributed by atoms with Gasteiger partial charge in [-0.25, -0.2) is 4.98 Å². The lowest BCUT2D eigenvalue weighted by Crippen LogP contribution is -2.22. The Labute approximate surface area is 89.2 Å². The van der Waals surface area contributed by atoms with Crippen molar-refractivity contribution in [2.45, 2.75) is 26.4 Å². The fraction of sp³-hybridized carbons (Fsp3) is 0.545. The van der Waals surface area contributed by atoms with Crippen molar-refractivity contribution in [3.05, 3.63) is 24.3 Å². The number of ether oxygens (including phenoxy) is 2. The molecule has 3 nitrogen and oxygen atoms in total. The summed E-state index contributed by atoms with van der Waals surface area (Å²) in [4.78, 5) is 3.43. The van der Waals surface area contributed by atoms with Crippen LogP contribution in [0.15, 0.2) is 18.3 Å². The van der Waals surface area contributed by atoms with Crippen molar-refractivity contribution < 1.29 is 13.9 Å². The normalized spacial score (nSPS) is 11.5. The minimum absolute atomic E-state index is 0.174. The Bertz CT molecular complexity index is 310. The van der Waals surface area contributed by atoms with Crippen LogP contribution in [0.5, 0.6) is 5.75 Å². The molecule has 0 aliphatic rings. The van der Waals surface area contributed by atoms with Crippen LogP contribution in [0.4, 0.5) is 4.39 Å². The van der Waals surface area contributed by atoms with Crippen molar-refractivity contribution in [1.29, 1.82) is 0 Å². The summed E-state index contributed by atoms with van der Waals surface area (Å²) in [5.74, 6) is -0.0655. The Morgan fingerprint density at radius 2 is 2.07 bits per heavy atom. The highest BCUT2D eigenvalue weighted by Gasteiger charge is 2.09. The second-order valence-electron chi connectivity index (χ2n) is 4.12. The Balaban J connectivity index is 2.26. The molecule has 84 valence electrons. The van der Waals surface area contributed by atoms with Crippen molar-refractivity contribution in [2.24, 2.45) is 0 Å². The van der Waals surface area contributed by atoms with E-state index in [1.54, 1.807) is 6.07 Å². The lowest BCUT2D eigenvalue weighted by molar-refractivity contribution is -0.0163. The quantitative estimate of drug-likeness (QED) is 0.568. The lowest BCUT2D eigenvalue weighted by atomic mass is 10.2. The minimum atomic E-state index is -0.538. The average Bonchev–Trinajstić information content (AvgIpc) is 2.11. The molecule has 0 amide bonds. The predicted octanol–water partition coefficient (Wildman–Crippen LogP) is 2.41. The van der Waals surface area contributed by atoms with E-state index in [-0.39, 0.29) is 5.60 Å². The number of halogens is 1. The van der Waals surface area contributed by atoms with Gasteiger partial charge in [-0.3, -0.25) is 0 Å². The van der Waals surface area contributed by atoms with Crippen LogP contribution in [0.3, 0.4) is 0 Å². The number of pyridine rings is 1. The Kier molecular flexibility index (Phi) is 4.03. The van der Waals surface area contributed by atoms with Gasteiger partial charge in [0.1, 0.15) is 12.4 Å². The third-order valence-electron chi connectivity index (χ3n) is 1.59. The molecule has 1 heterocycles. The van der Waals surface area contributed by atoms with Crippen molar-refractivity contribution in [2.75, 3.05) is 13.2 Å². The van der Waals surface area contributed by atoms with Crippen LogP contribution in [-0.2, 0) is 4.74 Å². The van der Waals surface area contributed by atoms with E-state index in [4.69, 9.17) is 9.47 Å². The number of hydrogen-bond donors (Lipinski definition) is 0. The van der Waals surface area contributed by atoms with E-state index in [1.807, 2.05) is 20.8 Å². The van der Waals surface area contributed by atoms with Crippen LogP contribution >= 0.6 is 0 Å². The van der Waals surface area contributed by atoms with E-state index in [9.17, 15) is 4.39 Å². The molecule has 0 aliphatic carbocycles. The first-order chi connectivity index (χ1) is 6.97. The molecule has 0 spiro atoms. The summed E-state index contributed by atoms with van der Waals surface area (Å²) >= 11 is 0. The zero-order valence-corrected chi connectivity index (χ0v) is 9.29. The van der Waals surface area contributed by atoms with Crippen LogP contribution in [0.1, 0.15) is 20.8 Å². The summed E-state index contributed by atoms with van der Waals surface area (Å²) in [6.07, 6.45) is 1.37. The molecule has 15 heavy (non-hydrogen) atoms. The van der Waals surface area contributed by atoms with E-state index in [1.165, 1.54) is 12.3 Å². The summed E-state index contributed by atoms with van der Waals surface area (Å²) in [5.41, 5.74) is -0.174. The maximum Gasteiger partial charge on any atom is 0.216 e. The van der Waals surface area contributed by atoms with Crippen molar-refractivity contribution >= 4 is 0 Å². The second-order valence-corrected chi connectivity index (χ2v) is 4.12. The first kappa shape index (κ1) is 11.9. The molecule has 0 saturated heterocycles. The molecule has 0 N–H and O–H groups in total. The second kappa shape index (κ2) is 5.07.